The number of aromatic carboxylic acids is 1. The number of nitrogens with zero attached hydrogens (tertiary/aromatic N) is 1. The number of thiocarbonyl (C=S) groups is 1. The van der Waals surface area contributed by atoms with Crippen LogP contribution in [0.1, 0.15) is 146 Å². The fourth-order valence-electron chi connectivity index (χ4n) is 15.5. The summed E-state index contributed by atoms with van der Waals surface area (Å²) in [4.78, 5) is 251. The number of aliphatic carboxylic acids is 2. The highest BCUT2D eigenvalue weighted by Gasteiger charge is 2.42. The molecule has 0 spiro atoms. The number of hydrogen-bond acceptors (Lipinski definition) is 25. The molecule has 14 amide bonds. The van der Waals surface area contributed by atoms with Crippen molar-refractivity contribution in [3.63, 3.8) is 0 Å². The number of nitrogens with one attached hydrogen (secondary N) is 13. The number of amides is 14. The van der Waals surface area contributed by atoms with E-state index in [1.807, 2.05) is 0 Å². The molecular formula is C96H121N17O25S2. The molecule has 5 aromatic rings. The fourth-order valence-corrected chi connectivity index (χ4v) is 16.7. The summed E-state index contributed by atoms with van der Waals surface area (Å²) < 4.78 is 5.91. The van der Waals surface area contributed by atoms with Crippen LogP contribution in [0.25, 0.3) is 33.4 Å². The maximum Gasteiger partial charge on any atom is 0.336 e. The maximum absolute atomic E-state index is 15.1. The summed E-state index contributed by atoms with van der Waals surface area (Å²) in [5, 5.41) is 95.2. The van der Waals surface area contributed by atoms with Crippen molar-refractivity contribution >= 4 is 146 Å². The third-order valence-corrected chi connectivity index (χ3v) is 24.6. The molecule has 0 unspecified atom stereocenters. The molecule has 0 aromatic heterocycles. The number of aliphatic hydroxyl groups excluding tert-OH is 1. The first-order valence-electron chi connectivity index (χ1n) is 45.6. The van der Waals surface area contributed by atoms with Crippen LogP contribution in [0.4, 0.5) is 5.69 Å². The van der Waals surface area contributed by atoms with E-state index in [0.29, 0.717) is 40.5 Å². The summed E-state index contributed by atoms with van der Waals surface area (Å²) >= 11 is 6.55. The minimum Gasteiger partial charge on any atom is -0.508 e. The van der Waals surface area contributed by atoms with Crippen LogP contribution in [-0.2, 0) is 95.3 Å². The molecule has 0 bridgehead atoms. The smallest absolute Gasteiger partial charge is 0.336 e. The number of primary amides is 2. The molecule has 14 atom stereocenters. The summed E-state index contributed by atoms with van der Waals surface area (Å²) in [6, 6.07) is 15.5. The molecule has 25 N–H and O–H groups in total. The van der Waals surface area contributed by atoms with Gasteiger partial charge in [0.1, 0.15) is 95.3 Å². The molecule has 752 valence electrons. The van der Waals surface area contributed by atoms with Crippen molar-refractivity contribution in [2.75, 3.05) is 37.3 Å². The quantitative estimate of drug-likeness (QED) is 0.0146. The van der Waals surface area contributed by atoms with Crippen molar-refractivity contribution < 1.29 is 117 Å². The number of likely N-dealkylation sites (tertiary alicyclic amines) is 1. The zero-order valence-corrected chi connectivity index (χ0v) is 79.7. The highest BCUT2D eigenvalue weighted by atomic mass is 32.2. The first-order valence-corrected chi connectivity index (χ1v) is 47.2. The van der Waals surface area contributed by atoms with Crippen LogP contribution in [0.15, 0.2) is 149 Å². The molecule has 42 nitrogen and oxygen atoms in total. The van der Waals surface area contributed by atoms with Gasteiger partial charge in [0, 0.05) is 78.2 Å². The number of carboxylic acid groups (broad SMARTS) is 3. The van der Waals surface area contributed by atoms with E-state index in [4.69, 9.17) is 33.8 Å². The Labute approximate surface area is 815 Å². The highest BCUT2D eigenvalue weighted by molar-refractivity contribution is 7.98. The van der Waals surface area contributed by atoms with Gasteiger partial charge in [-0.3, -0.25) is 81.5 Å². The lowest BCUT2D eigenvalue weighted by Gasteiger charge is -2.30. The molecule has 8 rings (SSSR count). The Morgan fingerprint density at radius 1 is 0.521 bits per heavy atom. The Hall–Kier alpha value is -14.7. The van der Waals surface area contributed by atoms with Gasteiger partial charge in [-0.25, -0.2) is 4.79 Å². The number of carbonyl (C=O) groups is 17. The van der Waals surface area contributed by atoms with E-state index in [1.165, 1.54) is 90.7 Å². The minimum absolute atomic E-state index is 0.0873. The monoisotopic (exact) mass is 1980 g/mol. The summed E-state index contributed by atoms with van der Waals surface area (Å²) in [5.41, 5.74) is 19.5. The van der Waals surface area contributed by atoms with Crippen molar-refractivity contribution in [1.29, 1.82) is 0 Å². The van der Waals surface area contributed by atoms with Crippen molar-refractivity contribution in [2.45, 2.75) is 210 Å². The van der Waals surface area contributed by atoms with Crippen molar-refractivity contribution in [3.8, 4) is 33.9 Å². The van der Waals surface area contributed by atoms with E-state index in [-0.39, 0.29) is 139 Å². The van der Waals surface area contributed by atoms with E-state index < -0.39 is 217 Å². The lowest BCUT2D eigenvalue weighted by molar-refractivity contribution is -0.142. The number of aliphatic hydroxyl groups is 1. The predicted octanol–water partition coefficient (Wildman–Crippen LogP) is 1.66. The number of carboxylic acids is 3. The number of fused-ring (bicyclic) bond motifs is 2. The van der Waals surface area contributed by atoms with Crippen LogP contribution < -0.4 is 91.7 Å². The number of aromatic hydroxyl groups is 2. The Balaban J connectivity index is 0.946. The van der Waals surface area contributed by atoms with Crippen molar-refractivity contribution in [3.05, 3.63) is 172 Å². The number of phenols is 2. The van der Waals surface area contributed by atoms with Gasteiger partial charge in [-0.15, -0.1) is 0 Å². The number of phenolic OH excluding ortho intramolecular Hbond substituents is 2. The first-order chi connectivity index (χ1) is 66.6. The largest absolute Gasteiger partial charge is 0.508 e. The molecule has 1 fully saturated rings. The number of thioether (sulfide) groups is 1. The van der Waals surface area contributed by atoms with E-state index in [0.717, 1.165) is 17.3 Å². The lowest BCUT2D eigenvalue weighted by atomic mass is 9.90. The molecule has 0 radical (unpaired) electrons. The Bertz CT molecular complexity index is 5640. The average Bonchev–Trinajstić information content (AvgIpc) is 0.793. The van der Waals surface area contributed by atoms with Gasteiger partial charge in [-0.05, 0) is 146 Å². The molecule has 44 heteroatoms. The summed E-state index contributed by atoms with van der Waals surface area (Å²) in [6.45, 7) is 8.82. The third-order valence-electron chi connectivity index (χ3n) is 23.3. The van der Waals surface area contributed by atoms with E-state index in [9.17, 15) is 112 Å². The van der Waals surface area contributed by atoms with Gasteiger partial charge in [0.2, 0.25) is 82.7 Å². The number of rotatable bonds is 54. The lowest BCUT2D eigenvalue weighted by Crippen LogP contribution is -2.62. The minimum atomic E-state index is -2.05. The topological polar surface area (TPSA) is 679 Å². The Morgan fingerprint density at radius 2 is 1.02 bits per heavy atom. The van der Waals surface area contributed by atoms with Crippen LogP contribution in [0.2, 0.25) is 0 Å². The summed E-state index contributed by atoms with van der Waals surface area (Å²) in [6.07, 6.45) is -2.74. The summed E-state index contributed by atoms with van der Waals surface area (Å²) in [5.74, 6) is -21.2. The third kappa shape index (κ3) is 33.3. The number of anilines is 1. The Kier molecular flexibility index (Phi) is 42.6. The number of unbranched alkanes of at least 4 members (excludes halogenated alkanes) is 1. The van der Waals surface area contributed by atoms with E-state index in [2.05, 4.69) is 69.1 Å². The zero-order chi connectivity index (χ0) is 103. The molecule has 2 heterocycles. The van der Waals surface area contributed by atoms with Crippen molar-refractivity contribution in [2.24, 2.45) is 35.0 Å². The Morgan fingerprint density at radius 3 is 1.59 bits per heavy atom. The molecule has 2 aliphatic heterocycles. The second-order valence-electron chi connectivity index (χ2n) is 34.5. The molecule has 1 aliphatic carbocycles. The molecule has 1 saturated heterocycles. The van der Waals surface area contributed by atoms with Crippen LogP contribution >= 0.6 is 24.0 Å². The standard InChI is InChI=1S/C96H121N17O25S2/c1-7-51(5)81(92(133)108-65(38-50(3)4)85(126)103-64(22-15-16-35-97)84(125)105-67(44-76(98)118)86(127)109-70(40-54-24-27-57(115)28-25-54)94(135)113-37-17-23-73(113)83(99)124)111-88(129)66(39-53-18-11-9-12-19-53)104-87(128)68(45-78(120)121)107-91(132)72(49-140-48-55-20-13-10-14-21-55)110-93(134)82(52(6)8-2)112-89(130)69(46-79(122)123)106-90(131)71(47-114)102-77(119)34-36-100-96(139)101-56-26-31-60(63(41-56)95(136)137)80-61-32-29-58(116)42-74(61)138-75-43-59(117)30-33-62(75)80/h9-14,18-21,24-33,41-43,50-52,64-73,81-82,114-116H,7-8,15-17,22-23,34-40,44-49,97H2,1-6H3,(H2,98,118)(H2,99,124)(H,102,119)(H,103,126)(H,104,128)(H,105,125)(H,106,131)(H,107,132)(H,108,133)(H,109,127)(H,110,134)(H,111,129)(H,112,130)(H,120,121)(H,122,123)(H,136,137)(H2,100,101,139)/t51-,52-,64-,65-,66-,67-,68-,69-,70-,71-,72-,73-,81-,82-/m0/s1. The molecule has 3 aliphatic rings. The predicted molar refractivity (Wildman–Crippen MR) is 518 cm³/mol. The van der Waals surface area contributed by atoms with Crippen LogP contribution in [-0.4, -0.2) is 246 Å². The number of carbonyl (C=O) groups excluding carboxylic acids is 14. The van der Waals surface area contributed by atoms with Crippen LogP contribution in [0.3, 0.4) is 0 Å². The zero-order valence-electron chi connectivity index (χ0n) is 78.0. The van der Waals surface area contributed by atoms with Gasteiger partial charge in [0.15, 0.2) is 10.5 Å². The normalized spacial score (nSPS) is 15.1. The number of nitrogens with two attached hydrogens (primary N) is 3. The average molecular weight is 1980 g/mol. The van der Waals surface area contributed by atoms with E-state index >= 15 is 4.79 Å². The SMILES string of the molecule is CC[C@H](C)[C@H](NC(=O)[C@H](CC(=O)O)NC(=O)[C@H](CO)NC(=O)CCNC(=S)Nc1ccc(-c2c3ccc(=O)cc-3oc3cc(O)ccc23)c(C(=O)O)c1)C(=O)N[C@@H](CSCc1ccccc1)C(=O)N[C@@H](CC(=O)O)C(=O)N[C@@H](Cc1ccccc1)C(=O)N[C@H](C(=O)N[C@@H](CC(C)C)C(=O)N[C@@H](CCCCN)C(=O)N[C@@H](CC(N)=O)C(=O)N[C@@H](Cc1ccc(O)cc1)C(=O)N1CCC[C@H]1C(N)=O)[C@@H](C)CC. The van der Waals surface area contributed by atoms with Gasteiger partial charge >= 0.3 is 17.9 Å². The first kappa shape index (κ1) is 111. The maximum atomic E-state index is 15.1. The molecule has 140 heavy (non-hydrogen) atoms. The molecule has 5 aromatic carbocycles. The van der Waals surface area contributed by atoms with Gasteiger partial charge in [0.25, 0.3) is 0 Å². The number of benzene rings is 6. The van der Waals surface area contributed by atoms with Gasteiger partial charge in [-0.1, -0.05) is 133 Å². The van der Waals surface area contributed by atoms with E-state index in [1.54, 1.807) is 95.3 Å². The second kappa shape index (κ2) is 53.9. The van der Waals surface area contributed by atoms with Crippen molar-refractivity contribution in [1.82, 2.24) is 68.7 Å². The van der Waals surface area contributed by atoms with Crippen LogP contribution in [0.5, 0.6) is 11.5 Å². The summed E-state index contributed by atoms with van der Waals surface area (Å²) in [7, 11) is 0. The number of hydrogen-bond donors (Lipinski definition) is 22. The molecule has 0 saturated carbocycles. The van der Waals surface area contributed by atoms with Gasteiger partial charge in [-0.2, -0.15) is 11.8 Å². The fraction of sp³-hybridized carbons (Fsp3) is 0.427. The highest BCUT2D eigenvalue weighted by Crippen LogP contribution is 2.43. The van der Waals surface area contributed by atoms with Gasteiger partial charge in [0.05, 0.1) is 31.4 Å². The molecular weight excluding hydrogens is 1860 g/mol. The van der Waals surface area contributed by atoms with Gasteiger partial charge < -0.3 is 126 Å². The van der Waals surface area contributed by atoms with Crippen LogP contribution in [0, 0.1) is 17.8 Å². The second-order valence-corrected chi connectivity index (χ2v) is 35.9.